The molecule has 0 aliphatic carbocycles. The summed E-state index contributed by atoms with van der Waals surface area (Å²) in [4.78, 5) is 25.0. The van der Waals surface area contributed by atoms with Crippen LogP contribution in [-0.4, -0.2) is 37.9 Å². The van der Waals surface area contributed by atoms with E-state index in [0.29, 0.717) is 24.3 Å². The van der Waals surface area contributed by atoms with Crippen LogP contribution in [-0.2, 0) is 14.2 Å². The first-order valence-electron chi connectivity index (χ1n) is 7.35. The van der Waals surface area contributed by atoms with Gasteiger partial charge in [0.15, 0.2) is 5.78 Å². The molecule has 1 aliphatic heterocycles. The molecule has 2 aromatic carbocycles. The van der Waals surface area contributed by atoms with E-state index < -0.39 is 12.3 Å². The number of esters is 1. The van der Waals surface area contributed by atoms with Crippen LogP contribution in [0.25, 0.3) is 0 Å². The highest BCUT2D eigenvalue weighted by atomic mass is 16.7. The van der Waals surface area contributed by atoms with Crippen molar-refractivity contribution in [2.75, 3.05) is 19.8 Å². The molecule has 0 radical (unpaired) electrons. The van der Waals surface area contributed by atoms with Gasteiger partial charge in [0.25, 0.3) is 0 Å². The Morgan fingerprint density at radius 1 is 0.913 bits per heavy atom. The van der Waals surface area contributed by atoms with E-state index in [1.807, 2.05) is 6.07 Å². The molecule has 1 aliphatic rings. The second-order valence-corrected chi connectivity index (χ2v) is 5.02. The van der Waals surface area contributed by atoms with E-state index >= 15 is 0 Å². The van der Waals surface area contributed by atoms with Gasteiger partial charge in [0.2, 0.25) is 6.29 Å². The maximum atomic E-state index is 12.6. The minimum Gasteiger partial charge on any atom is -0.430 e. The lowest BCUT2D eigenvalue weighted by Crippen LogP contribution is -2.33. The standard InChI is InChI=1S/C18H16O5/c19-17(13-6-2-1-3-7-13)14-8-4-5-9-15(14)18(20)23-16-12-21-10-11-22-16/h1-9,16H,10-12H2. The van der Waals surface area contributed by atoms with Gasteiger partial charge in [-0.25, -0.2) is 4.79 Å². The summed E-state index contributed by atoms with van der Waals surface area (Å²) in [6.45, 7) is 1.06. The summed E-state index contributed by atoms with van der Waals surface area (Å²) in [6.07, 6.45) is -0.740. The highest BCUT2D eigenvalue weighted by molar-refractivity contribution is 6.14. The highest BCUT2D eigenvalue weighted by Crippen LogP contribution is 2.17. The molecule has 0 spiro atoms. The Morgan fingerprint density at radius 2 is 1.61 bits per heavy atom. The maximum absolute atomic E-state index is 12.6. The third kappa shape index (κ3) is 3.64. The summed E-state index contributed by atoms with van der Waals surface area (Å²) in [5, 5.41) is 0. The van der Waals surface area contributed by atoms with Crippen LogP contribution in [0, 0.1) is 0 Å². The average molecular weight is 312 g/mol. The SMILES string of the molecule is O=C(OC1COCCO1)c1ccccc1C(=O)c1ccccc1. The van der Waals surface area contributed by atoms with Gasteiger partial charge >= 0.3 is 5.97 Å². The monoisotopic (exact) mass is 312 g/mol. The Labute approximate surface area is 133 Å². The number of carbonyl (C=O) groups is 2. The van der Waals surface area contributed by atoms with Gasteiger partial charge in [-0.05, 0) is 6.07 Å². The van der Waals surface area contributed by atoms with E-state index in [9.17, 15) is 9.59 Å². The van der Waals surface area contributed by atoms with Gasteiger partial charge in [-0.1, -0.05) is 48.5 Å². The molecule has 1 fully saturated rings. The van der Waals surface area contributed by atoms with E-state index in [1.165, 1.54) is 0 Å². The topological polar surface area (TPSA) is 61.8 Å². The first-order valence-corrected chi connectivity index (χ1v) is 7.35. The molecule has 1 atom stereocenters. The Bertz CT molecular complexity index is 690. The second kappa shape index (κ2) is 7.17. The van der Waals surface area contributed by atoms with Crippen LogP contribution < -0.4 is 0 Å². The first-order chi connectivity index (χ1) is 11.3. The lowest BCUT2D eigenvalue weighted by Gasteiger charge is -2.23. The van der Waals surface area contributed by atoms with Crippen molar-refractivity contribution in [3.63, 3.8) is 0 Å². The molecule has 1 unspecified atom stereocenters. The number of ether oxygens (including phenoxy) is 3. The molecule has 0 saturated carbocycles. The van der Waals surface area contributed by atoms with Crippen molar-refractivity contribution in [2.45, 2.75) is 6.29 Å². The van der Waals surface area contributed by atoms with Gasteiger partial charge in [0.05, 0.1) is 18.8 Å². The van der Waals surface area contributed by atoms with Gasteiger partial charge in [-0.15, -0.1) is 0 Å². The summed E-state index contributed by atoms with van der Waals surface area (Å²) in [5.74, 6) is -0.820. The molecule has 118 valence electrons. The molecule has 0 aromatic heterocycles. The van der Waals surface area contributed by atoms with Crippen LogP contribution in [0.2, 0.25) is 0 Å². The molecule has 23 heavy (non-hydrogen) atoms. The Hall–Kier alpha value is -2.50. The van der Waals surface area contributed by atoms with Crippen molar-refractivity contribution in [3.8, 4) is 0 Å². The van der Waals surface area contributed by atoms with Crippen molar-refractivity contribution in [1.82, 2.24) is 0 Å². The van der Waals surface area contributed by atoms with Crippen LogP contribution in [0.5, 0.6) is 0 Å². The quantitative estimate of drug-likeness (QED) is 0.641. The molecule has 1 heterocycles. The van der Waals surface area contributed by atoms with Crippen molar-refractivity contribution in [3.05, 3.63) is 71.3 Å². The number of benzene rings is 2. The summed E-state index contributed by atoms with van der Waals surface area (Å²) in [7, 11) is 0. The van der Waals surface area contributed by atoms with Gasteiger partial charge in [-0.2, -0.15) is 0 Å². The van der Waals surface area contributed by atoms with Crippen molar-refractivity contribution in [1.29, 1.82) is 0 Å². The van der Waals surface area contributed by atoms with Gasteiger partial charge in [-0.3, -0.25) is 4.79 Å². The third-order valence-electron chi connectivity index (χ3n) is 3.45. The molecule has 0 N–H and O–H groups in total. The van der Waals surface area contributed by atoms with E-state index in [1.54, 1.807) is 48.5 Å². The van der Waals surface area contributed by atoms with Gasteiger partial charge in [0, 0.05) is 11.1 Å². The predicted octanol–water partition coefficient (Wildman–Crippen LogP) is 2.45. The molecule has 2 aromatic rings. The van der Waals surface area contributed by atoms with Gasteiger partial charge < -0.3 is 14.2 Å². The van der Waals surface area contributed by atoms with Crippen LogP contribution in [0.1, 0.15) is 26.3 Å². The molecule has 0 bridgehead atoms. The number of carbonyl (C=O) groups excluding carboxylic acids is 2. The van der Waals surface area contributed by atoms with Crippen LogP contribution >= 0.6 is 0 Å². The number of ketones is 1. The zero-order valence-electron chi connectivity index (χ0n) is 12.4. The minimum atomic E-state index is -0.740. The number of hydrogen-bond acceptors (Lipinski definition) is 5. The Kier molecular flexibility index (Phi) is 4.80. The van der Waals surface area contributed by atoms with Crippen molar-refractivity contribution < 1.29 is 23.8 Å². The van der Waals surface area contributed by atoms with E-state index in [0.717, 1.165) is 0 Å². The highest BCUT2D eigenvalue weighted by Gasteiger charge is 2.23. The molecule has 3 rings (SSSR count). The lowest BCUT2D eigenvalue weighted by molar-refractivity contribution is -0.186. The predicted molar refractivity (Wildman–Crippen MR) is 82.3 cm³/mol. The summed E-state index contributed by atoms with van der Waals surface area (Å²) < 4.78 is 15.8. The van der Waals surface area contributed by atoms with Crippen LogP contribution in [0.4, 0.5) is 0 Å². The summed E-state index contributed by atoms with van der Waals surface area (Å²) in [6, 6.07) is 15.4. The summed E-state index contributed by atoms with van der Waals surface area (Å²) in [5.41, 5.74) is 1.04. The van der Waals surface area contributed by atoms with Crippen molar-refractivity contribution >= 4 is 11.8 Å². The van der Waals surface area contributed by atoms with Crippen LogP contribution in [0.15, 0.2) is 54.6 Å². The van der Waals surface area contributed by atoms with Crippen molar-refractivity contribution in [2.24, 2.45) is 0 Å². The third-order valence-corrected chi connectivity index (χ3v) is 3.45. The molecule has 5 heteroatoms. The lowest BCUT2D eigenvalue weighted by atomic mass is 9.98. The molecular weight excluding hydrogens is 296 g/mol. The average Bonchev–Trinajstić information content (AvgIpc) is 2.62. The van der Waals surface area contributed by atoms with E-state index in [4.69, 9.17) is 14.2 Å². The fourth-order valence-corrected chi connectivity index (χ4v) is 2.32. The van der Waals surface area contributed by atoms with E-state index in [-0.39, 0.29) is 18.0 Å². The van der Waals surface area contributed by atoms with Crippen LogP contribution in [0.3, 0.4) is 0 Å². The minimum absolute atomic E-state index is 0.195. The largest absolute Gasteiger partial charge is 0.430 e. The molecule has 5 nitrogen and oxygen atoms in total. The fourth-order valence-electron chi connectivity index (χ4n) is 2.32. The van der Waals surface area contributed by atoms with E-state index in [2.05, 4.69) is 0 Å². The Morgan fingerprint density at radius 3 is 2.30 bits per heavy atom. The van der Waals surface area contributed by atoms with Gasteiger partial charge in [0.1, 0.15) is 6.61 Å². The number of rotatable bonds is 4. The maximum Gasteiger partial charge on any atom is 0.341 e. The fraction of sp³-hybridized carbons (Fsp3) is 0.222. The number of hydrogen-bond donors (Lipinski definition) is 0. The smallest absolute Gasteiger partial charge is 0.341 e. The zero-order valence-corrected chi connectivity index (χ0v) is 12.4. The molecule has 0 amide bonds. The Balaban J connectivity index is 1.82. The molecular formula is C18H16O5. The first kappa shape index (κ1) is 15.4. The molecule has 1 saturated heterocycles. The second-order valence-electron chi connectivity index (χ2n) is 5.02. The zero-order chi connectivity index (χ0) is 16.1. The summed E-state index contributed by atoms with van der Waals surface area (Å²) >= 11 is 0. The normalized spacial score (nSPS) is 17.5.